The number of carboxylic acids is 1. The number of nitrogens with one attached hydrogen (secondary N) is 1. The summed E-state index contributed by atoms with van der Waals surface area (Å²) in [6.45, 7) is 0. The van der Waals surface area contributed by atoms with Crippen molar-refractivity contribution in [1.29, 1.82) is 0 Å². The van der Waals surface area contributed by atoms with Crippen LogP contribution in [0.5, 0.6) is 0 Å². The van der Waals surface area contributed by atoms with Crippen molar-refractivity contribution >= 4 is 11.7 Å². The van der Waals surface area contributed by atoms with Crippen molar-refractivity contribution in [1.82, 2.24) is 5.32 Å². The van der Waals surface area contributed by atoms with Crippen LogP contribution in [0, 0.1) is 5.82 Å². The van der Waals surface area contributed by atoms with Gasteiger partial charge < -0.3 is 15.2 Å². The minimum absolute atomic E-state index is 0.192. The molecule has 5 heteroatoms. The van der Waals surface area contributed by atoms with Gasteiger partial charge in [-0.05, 0) is 24.3 Å². The maximum absolute atomic E-state index is 13.2. The Hall–Kier alpha value is -2.82. The first-order chi connectivity index (χ1) is 10.1. The Balaban J connectivity index is 1.80. The molecular formula is C16H12FNO3. The van der Waals surface area contributed by atoms with Crippen LogP contribution in [0.15, 0.2) is 54.8 Å². The van der Waals surface area contributed by atoms with E-state index in [1.807, 2.05) is 0 Å². The normalized spacial score (nSPS) is 16.8. The summed E-state index contributed by atoms with van der Waals surface area (Å²) in [5, 5.41) is 12.1. The lowest BCUT2D eigenvalue weighted by Gasteiger charge is -2.13. The Kier molecular flexibility index (Phi) is 3.31. The lowest BCUT2D eigenvalue weighted by atomic mass is 10.1. The number of carbonyl (C=O) groups is 1. The van der Waals surface area contributed by atoms with Gasteiger partial charge in [0.25, 0.3) is 0 Å². The Morgan fingerprint density at radius 1 is 1.19 bits per heavy atom. The van der Waals surface area contributed by atoms with Crippen molar-refractivity contribution in [3.8, 4) is 0 Å². The molecule has 21 heavy (non-hydrogen) atoms. The third kappa shape index (κ3) is 2.72. The molecule has 1 atom stereocenters. The molecule has 0 saturated heterocycles. The first-order valence-corrected chi connectivity index (χ1v) is 6.35. The maximum atomic E-state index is 13.2. The smallest absolute Gasteiger partial charge is 0.335 e. The van der Waals surface area contributed by atoms with Gasteiger partial charge in [0.15, 0.2) is 6.23 Å². The van der Waals surface area contributed by atoms with Crippen molar-refractivity contribution in [3.63, 3.8) is 0 Å². The third-order valence-electron chi connectivity index (χ3n) is 3.18. The molecule has 2 aromatic carbocycles. The van der Waals surface area contributed by atoms with Crippen LogP contribution >= 0.6 is 0 Å². The van der Waals surface area contributed by atoms with Crippen molar-refractivity contribution in [2.45, 2.75) is 6.23 Å². The standard InChI is InChI=1S/C16H12FNO3/c17-13-6-2-3-10(8-13)14-9-21-15(18-14)11-4-1-5-12(7-11)16(19)20/h1-9,15,18H,(H,19,20). The van der Waals surface area contributed by atoms with Gasteiger partial charge in [-0.2, -0.15) is 0 Å². The number of ether oxygens (including phenoxy) is 1. The van der Waals surface area contributed by atoms with E-state index in [9.17, 15) is 9.18 Å². The van der Waals surface area contributed by atoms with E-state index >= 15 is 0 Å². The van der Waals surface area contributed by atoms with Crippen LogP contribution in [0.1, 0.15) is 27.7 Å². The van der Waals surface area contributed by atoms with E-state index in [4.69, 9.17) is 9.84 Å². The lowest BCUT2D eigenvalue weighted by Crippen LogP contribution is -2.15. The quantitative estimate of drug-likeness (QED) is 0.909. The largest absolute Gasteiger partial charge is 0.478 e. The highest BCUT2D eigenvalue weighted by Gasteiger charge is 2.21. The summed E-state index contributed by atoms with van der Waals surface area (Å²) in [7, 11) is 0. The number of hydrogen-bond donors (Lipinski definition) is 2. The number of hydrogen-bond acceptors (Lipinski definition) is 3. The molecule has 0 aliphatic carbocycles. The summed E-state index contributed by atoms with van der Waals surface area (Å²) in [6, 6.07) is 12.6. The number of carboxylic acid groups (broad SMARTS) is 1. The maximum Gasteiger partial charge on any atom is 0.335 e. The van der Waals surface area contributed by atoms with Crippen LogP contribution in [0.3, 0.4) is 0 Å². The van der Waals surface area contributed by atoms with Gasteiger partial charge in [0.2, 0.25) is 0 Å². The second-order valence-electron chi connectivity index (χ2n) is 4.63. The highest BCUT2D eigenvalue weighted by molar-refractivity contribution is 5.87. The molecule has 2 aromatic rings. The van der Waals surface area contributed by atoms with Crippen LogP contribution in [0.4, 0.5) is 4.39 Å². The average molecular weight is 285 g/mol. The second-order valence-corrected chi connectivity index (χ2v) is 4.63. The summed E-state index contributed by atoms with van der Waals surface area (Å²) in [4.78, 5) is 11.0. The van der Waals surface area contributed by atoms with Crippen molar-refractivity contribution in [3.05, 3.63) is 77.3 Å². The topological polar surface area (TPSA) is 58.6 Å². The van der Waals surface area contributed by atoms with Crippen LogP contribution in [-0.4, -0.2) is 11.1 Å². The van der Waals surface area contributed by atoms with Crippen LogP contribution in [0.2, 0.25) is 0 Å². The van der Waals surface area contributed by atoms with Crippen LogP contribution < -0.4 is 5.32 Å². The third-order valence-corrected chi connectivity index (χ3v) is 3.18. The first kappa shape index (κ1) is 13.2. The molecule has 0 bridgehead atoms. The number of halogens is 1. The predicted molar refractivity (Wildman–Crippen MR) is 74.7 cm³/mol. The van der Waals surface area contributed by atoms with Gasteiger partial charge in [-0.3, -0.25) is 0 Å². The molecular weight excluding hydrogens is 273 g/mol. The van der Waals surface area contributed by atoms with Crippen LogP contribution in [0.25, 0.3) is 5.70 Å². The van der Waals surface area contributed by atoms with E-state index in [0.29, 0.717) is 16.8 Å². The van der Waals surface area contributed by atoms with Gasteiger partial charge in [0.1, 0.15) is 12.1 Å². The Morgan fingerprint density at radius 2 is 2.00 bits per heavy atom. The fourth-order valence-corrected chi connectivity index (χ4v) is 2.15. The molecule has 1 unspecified atom stereocenters. The van der Waals surface area contributed by atoms with E-state index in [1.165, 1.54) is 24.5 Å². The second kappa shape index (κ2) is 5.28. The molecule has 0 spiro atoms. The summed E-state index contributed by atoms with van der Waals surface area (Å²) in [5.74, 6) is -1.32. The fourth-order valence-electron chi connectivity index (χ4n) is 2.15. The highest BCUT2D eigenvalue weighted by atomic mass is 19.1. The minimum atomic E-state index is -0.992. The van der Waals surface area contributed by atoms with Gasteiger partial charge in [0.05, 0.1) is 11.3 Å². The van der Waals surface area contributed by atoms with Crippen LogP contribution in [-0.2, 0) is 4.74 Å². The molecule has 0 amide bonds. The number of benzene rings is 2. The molecule has 1 heterocycles. The lowest BCUT2D eigenvalue weighted by molar-refractivity contribution is 0.0696. The molecule has 4 nitrogen and oxygen atoms in total. The minimum Gasteiger partial charge on any atom is -0.478 e. The molecule has 1 aliphatic rings. The Bertz CT molecular complexity index is 727. The average Bonchev–Trinajstić information content (AvgIpc) is 2.97. The van der Waals surface area contributed by atoms with Gasteiger partial charge >= 0.3 is 5.97 Å². The van der Waals surface area contributed by atoms with Gasteiger partial charge in [-0.15, -0.1) is 0 Å². The Morgan fingerprint density at radius 3 is 2.76 bits per heavy atom. The van der Waals surface area contributed by atoms with Crippen molar-refractivity contribution < 1.29 is 19.0 Å². The Labute approximate surface area is 120 Å². The molecule has 2 N–H and O–H groups in total. The summed E-state index contributed by atoms with van der Waals surface area (Å²) >= 11 is 0. The highest BCUT2D eigenvalue weighted by Crippen LogP contribution is 2.27. The van der Waals surface area contributed by atoms with Gasteiger partial charge in [-0.1, -0.05) is 24.3 Å². The van der Waals surface area contributed by atoms with Crippen molar-refractivity contribution in [2.24, 2.45) is 0 Å². The number of rotatable bonds is 3. The molecule has 0 radical (unpaired) electrons. The molecule has 1 aliphatic heterocycles. The van der Waals surface area contributed by atoms with E-state index in [1.54, 1.807) is 30.3 Å². The van der Waals surface area contributed by atoms with E-state index in [-0.39, 0.29) is 11.4 Å². The molecule has 0 aromatic heterocycles. The van der Waals surface area contributed by atoms with Gasteiger partial charge in [0, 0.05) is 11.1 Å². The van der Waals surface area contributed by atoms with Crippen molar-refractivity contribution in [2.75, 3.05) is 0 Å². The zero-order chi connectivity index (χ0) is 14.8. The number of aromatic carboxylic acids is 1. The fraction of sp³-hybridized carbons (Fsp3) is 0.0625. The van der Waals surface area contributed by atoms with E-state index in [2.05, 4.69) is 5.32 Å². The molecule has 3 rings (SSSR count). The monoisotopic (exact) mass is 285 g/mol. The molecule has 0 fully saturated rings. The predicted octanol–water partition coefficient (Wildman–Crippen LogP) is 3.14. The molecule has 106 valence electrons. The SMILES string of the molecule is O=C(O)c1cccc(C2NC(c3cccc(F)c3)=CO2)c1. The molecule has 0 saturated carbocycles. The van der Waals surface area contributed by atoms with E-state index < -0.39 is 12.2 Å². The summed E-state index contributed by atoms with van der Waals surface area (Å²) in [5.41, 5.74) is 2.21. The zero-order valence-corrected chi connectivity index (χ0v) is 10.9. The van der Waals surface area contributed by atoms with Gasteiger partial charge in [-0.25, -0.2) is 9.18 Å². The first-order valence-electron chi connectivity index (χ1n) is 6.35. The van der Waals surface area contributed by atoms with E-state index in [0.717, 1.165) is 0 Å². The summed E-state index contributed by atoms with van der Waals surface area (Å²) < 4.78 is 18.7. The summed E-state index contributed by atoms with van der Waals surface area (Å²) in [6.07, 6.45) is 1.02. The zero-order valence-electron chi connectivity index (χ0n) is 10.9.